The summed E-state index contributed by atoms with van der Waals surface area (Å²) in [5, 5.41) is 14.7. The number of nitrogens with zero attached hydrogens (tertiary/aromatic N) is 4. The van der Waals surface area contributed by atoms with E-state index in [4.69, 9.17) is 5.53 Å². The van der Waals surface area contributed by atoms with Crippen LogP contribution in [0.1, 0.15) is 36.4 Å². The molecule has 1 aromatic carbocycles. The molecular weight excluding hydrogens is 220 g/mol. The molecule has 0 aliphatic heterocycles. The summed E-state index contributed by atoms with van der Waals surface area (Å²) in [6, 6.07) is 4.73. The van der Waals surface area contributed by atoms with Gasteiger partial charge in [-0.05, 0) is 30.4 Å². The van der Waals surface area contributed by atoms with Crippen LogP contribution >= 0.6 is 0 Å². The quantitative estimate of drug-likeness (QED) is 0.194. The lowest BCUT2D eigenvalue weighted by atomic mass is 9.98. The van der Waals surface area contributed by atoms with E-state index < -0.39 is 0 Å². The topological polar surface area (TPSA) is 91.9 Å². The second kappa shape index (κ2) is 4.84. The van der Waals surface area contributed by atoms with Crippen molar-refractivity contribution in [3.05, 3.63) is 49.9 Å². The maximum absolute atomic E-state index is 11.0. The highest BCUT2D eigenvalue weighted by molar-refractivity contribution is 5.47. The van der Waals surface area contributed by atoms with E-state index in [1.54, 1.807) is 6.07 Å². The van der Waals surface area contributed by atoms with Crippen LogP contribution in [0.15, 0.2) is 23.3 Å². The van der Waals surface area contributed by atoms with Crippen LogP contribution in [0.4, 0.5) is 5.69 Å². The second-order valence-corrected chi connectivity index (χ2v) is 4.07. The third kappa shape index (κ3) is 2.21. The van der Waals surface area contributed by atoms with Gasteiger partial charge in [-0.1, -0.05) is 23.7 Å². The Hall–Kier alpha value is -2.07. The van der Waals surface area contributed by atoms with Crippen molar-refractivity contribution < 1.29 is 4.92 Å². The van der Waals surface area contributed by atoms with Crippen molar-refractivity contribution in [3.63, 3.8) is 0 Å². The van der Waals surface area contributed by atoms with Gasteiger partial charge >= 0.3 is 0 Å². The molecule has 2 rings (SSSR count). The zero-order valence-electron chi connectivity index (χ0n) is 9.24. The summed E-state index contributed by atoms with van der Waals surface area (Å²) in [7, 11) is 0. The predicted molar refractivity (Wildman–Crippen MR) is 62.5 cm³/mol. The Morgan fingerprint density at radius 3 is 3.00 bits per heavy atom. The Morgan fingerprint density at radius 1 is 1.47 bits per heavy atom. The first kappa shape index (κ1) is 11.4. The minimum absolute atomic E-state index is 0.141. The number of benzene rings is 1. The molecule has 17 heavy (non-hydrogen) atoms. The van der Waals surface area contributed by atoms with Crippen LogP contribution < -0.4 is 0 Å². The van der Waals surface area contributed by atoms with Crippen molar-refractivity contribution in [2.75, 3.05) is 0 Å². The van der Waals surface area contributed by atoms with Crippen molar-refractivity contribution >= 4 is 5.69 Å². The molecule has 0 N–H and O–H groups in total. The van der Waals surface area contributed by atoms with Crippen molar-refractivity contribution in [1.29, 1.82) is 0 Å². The van der Waals surface area contributed by atoms with Gasteiger partial charge in [0.25, 0.3) is 5.69 Å². The Bertz CT molecular complexity index is 494. The van der Waals surface area contributed by atoms with E-state index >= 15 is 0 Å². The summed E-state index contributed by atoms with van der Waals surface area (Å²) in [5.41, 5.74) is 10.2. The van der Waals surface area contributed by atoms with E-state index in [0.717, 1.165) is 30.4 Å². The van der Waals surface area contributed by atoms with Gasteiger partial charge in [0.05, 0.1) is 11.0 Å². The second-order valence-electron chi connectivity index (χ2n) is 4.07. The van der Waals surface area contributed by atoms with Gasteiger partial charge in [0.2, 0.25) is 0 Å². The molecule has 0 amide bonds. The monoisotopic (exact) mass is 232 g/mol. The molecule has 0 radical (unpaired) electrons. The highest BCUT2D eigenvalue weighted by Crippen LogP contribution is 2.35. The van der Waals surface area contributed by atoms with Crippen molar-refractivity contribution in [2.45, 2.75) is 31.7 Å². The van der Waals surface area contributed by atoms with Gasteiger partial charge in [0.1, 0.15) is 0 Å². The highest BCUT2D eigenvalue weighted by Gasteiger charge is 2.24. The van der Waals surface area contributed by atoms with Crippen molar-refractivity contribution in [2.24, 2.45) is 5.11 Å². The van der Waals surface area contributed by atoms with Gasteiger partial charge in [0, 0.05) is 16.5 Å². The molecule has 1 aliphatic rings. The molecule has 0 unspecified atom stereocenters. The van der Waals surface area contributed by atoms with Crippen LogP contribution in [0, 0.1) is 10.1 Å². The first-order valence-corrected chi connectivity index (χ1v) is 5.54. The molecule has 0 bridgehead atoms. The van der Waals surface area contributed by atoms with Crippen LogP contribution in [-0.4, -0.2) is 4.92 Å². The van der Waals surface area contributed by atoms with Crippen molar-refractivity contribution in [3.8, 4) is 0 Å². The number of azide groups is 1. The van der Waals surface area contributed by atoms with Gasteiger partial charge in [-0.2, -0.15) is 0 Å². The Morgan fingerprint density at radius 2 is 2.29 bits per heavy atom. The van der Waals surface area contributed by atoms with Crippen molar-refractivity contribution in [1.82, 2.24) is 0 Å². The fourth-order valence-electron chi connectivity index (χ4n) is 2.32. The molecule has 0 fully saturated rings. The van der Waals surface area contributed by atoms with Crippen LogP contribution in [-0.2, 0) is 6.42 Å². The van der Waals surface area contributed by atoms with Crippen LogP contribution in [0.5, 0.6) is 0 Å². The zero-order valence-corrected chi connectivity index (χ0v) is 9.24. The number of rotatable bonds is 2. The normalized spacial score (nSPS) is 18.7. The average molecular weight is 232 g/mol. The number of hydrogen-bond acceptors (Lipinski definition) is 3. The molecule has 6 nitrogen and oxygen atoms in total. The molecule has 88 valence electrons. The minimum atomic E-state index is -0.364. The van der Waals surface area contributed by atoms with E-state index in [0.29, 0.717) is 6.42 Å². The summed E-state index contributed by atoms with van der Waals surface area (Å²) >= 11 is 0. The molecule has 1 atom stereocenters. The molecule has 0 spiro atoms. The fourth-order valence-corrected chi connectivity index (χ4v) is 2.32. The number of fused-ring (bicyclic) bond motifs is 1. The lowest BCUT2D eigenvalue weighted by molar-refractivity contribution is -0.385. The van der Waals surface area contributed by atoms with E-state index in [1.807, 2.05) is 6.07 Å². The van der Waals surface area contributed by atoms with E-state index in [1.165, 1.54) is 6.07 Å². The Labute approximate surface area is 98.0 Å². The molecule has 1 aromatic rings. The number of nitro groups is 1. The standard InChI is InChI=1S/C11H12N4O2/c12-14-13-10-6-2-1-4-9-8(10)5-3-7-11(9)15(16)17/h3,5,7,10H,1-2,4,6H2/t10-/m1/s1. The third-order valence-electron chi connectivity index (χ3n) is 3.09. The summed E-state index contributed by atoms with van der Waals surface area (Å²) in [6.07, 6.45) is 3.27. The zero-order chi connectivity index (χ0) is 12.3. The molecular formula is C11H12N4O2. The van der Waals surface area contributed by atoms with Crippen LogP contribution in [0.25, 0.3) is 10.4 Å². The number of hydrogen-bond donors (Lipinski definition) is 0. The first-order valence-electron chi connectivity index (χ1n) is 5.54. The van der Waals surface area contributed by atoms with Crippen LogP contribution in [0.3, 0.4) is 0 Å². The summed E-state index contributed by atoms with van der Waals surface area (Å²) in [4.78, 5) is 13.4. The fraction of sp³-hybridized carbons (Fsp3) is 0.455. The van der Waals surface area contributed by atoms with Gasteiger partial charge in [-0.15, -0.1) is 0 Å². The maximum Gasteiger partial charge on any atom is 0.272 e. The van der Waals surface area contributed by atoms with E-state index in [-0.39, 0.29) is 16.7 Å². The van der Waals surface area contributed by atoms with Crippen LogP contribution in [0.2, 0.25) is 0 Å². The van der Waals surface area contributed by atoms with E-state index in [9.17, 15) is 10.1 Å². The summed E-state index contributed by atoms with van der Waals surface area (Å²) < 4.78 is 0. The third-order valence-corrected chi connectivity index (χ3v) is 3.09. The molecule has 0 saturated carbocycles. The molecule has 0 aromatic heterocycles. The molecule has 6 heteroatoms. The van der Waals surface area contributed by atoms with Gasteiger partial charge < -0.3 is 0 Å². The van der Waals surface area contributed by atoms with Gasteiger partial charge in [-0.3, -0.25) is 10.1 Å². The summed E-state index contributed by atoms with van der Waals surface area (Å²) in [5.74, 6) is 0. The predicted octanol–water partition coefficient (Wildman–Crippen LogP) is 3.67. The van der Waals surface area contributed by atoms with Gasteiger partial charge in [0.15, 0.2) is 0 Å². The first-order chi connectivity index (χ1) is 8.24. The Kier molecular flexibility index (Phi) is 3.25. The average Bonchev–Trinajstić information content (AvgIpc) is 2.52. The maximum atomic E-state index is 11.0. The Balaban J connectivity index is 2.55. The smallest absolute Gasteiger partial charge is 0.258 e. The molecule has 0 heterocycles. The summed E-state index contributed by atoms with van der Waals surface area (Å²) in [6.45, 7) is 0. The van der Waals surface area contributed by atoms with Gasteiger partial charge in [-0.25, -0.2) is 0 Å². The molecule has 0 saturated heterocycles. The van der Waals surface area contributed by atoms with E-state index in [2.05, 4.69) is 10.0 Å². The molecule has 1 aliphatic carbocycles. The minimum Gasteiger partial charge on any atom is -0.258 e. The lowest BCUT2D eigenvalue weighted by Gasteiger charge is -2.11. The lowest BCUT2D eigenvalue weighted by Crippen LogP contribution is -2.01. The highest BCUT2D eigenvalue weighted by atomic mass is 16.6. The largest absolute Gasteiger partial charge is 0.272 e. The SMILES string of the molecule is [N-]=[N+]=N[C@@H]1CCCCc2c1cccc2[N+](=O)[O-]. The number of nitro benzene ring substituents is 1.